The van der Waals surface area contributed by atoms with Crippen LogP contribution in [0, 0.1) is 0 Å². The highest BCUT2D eigenvalue weighted by molar-refractivity contribution is 7.90. The Kier molecular flexibility index (Phi) is 2.62. The predicted octanol–water partition coefficient (Wildman–Crippen LogP) is 1.96. The maximum atomic E-state index is 12.1. The van der Waals surface area contributed by atoms with Gasteiger partial charge < -0.3 is 0 Å². The lowest BCUT2D eigenvalue weighted by atomic mass is 10.2. The Morgan fingerprint density at radius 3 is 2.43 bits per heavy atom. The first kappa shape index (κ1) is 11.1. The molecule has 0 amide bonds. The lowest BCUT2D eigenvalue weighted by Gasteiger charge is -2.21. The second kappa shape index (κ2) is 3.30. The van der Waals surface area contributed by atoms with Gasteiger partial charge in [-0.15, -0.1) is 0 Å². The molecule has 7 heteroatoms. The molecular weight excluding hydrogens is 219 g/mol. The summed E-state index contributed by atoms with van der Waals surface area (Å²) in [5.74, 6) is 0. The van der Waals surface area contributed by atoms with Crippen LogP contribution in [0.5, 0.6) is 0 Å². The summed E-state index contributed by atoms with van der Waals surface area (Å²) in [7, 11) is -5.26. The van der Waals surface area contributed by atoms with E-state index in [1.807, 2.05) is 0 Å². The summed E-state index contributed by atoms with van der Waals surface area (Å²) < 4.78 is 58.1. The first-order valence-electron chi connectivity index (χ1n) is 3.69. The van der Waals surface area contributed by atoms with Gasteiger partial charge in [0.2, 0.25) is 0 Å². The van der Waals surface area contributed by atoms with Gasteiger partial charge in [0.1, 0.15) is 0 Å². The number of sulfonamides is 1. The molecule has 0 aromatic heterocycles. The van der Waals surface area contributed by atoms with Gasteiger partial charge in [-0.2, -0.15) is 21.6 Å². The number of halogens is 3. The Labute approximate surface area is 79.6 Å². The SMILES string of the molecule is CC1=CN(S(=O)(=O)C(F)(F)F)C=CC1. The Morgan fingerprint density at radius 2 is 2.00 bits per heavy atom. The van der Waals surface area contributed by atoms with Crippen molar-refractivity contribution in [3.05, 3.63) is 24.0 Å². The predicted molar refractivity (Wildman–Crippen MR) is 44.3 cm³/mol. The molecule has 1 heterocycles. The number of hydrogen-bond donors (Lipinski definition) is 0. The quantitative estimate of drug-likeness (QED) is 0.686. The van der Waals surface area contributed by atoms with Gasteiger partial charge in [-0.1, -0.05) is 11.6 Å². The largest absolute Gasteiger partial charge is 0.517 e. The summed E-state index contributed by atoms with van der Waals surface area (Å²) in [6.45, 7) is 1.56. The molecule has 0 aromatic carbocycles. The third-order valence-corrected chi connectivity index (χ3v) is 2.98. The minimum Gasteiger partial charge on any atom is -0.246 e. The summed E-state index contributed by atoms with van der Waals surface area (Å²) in [6, 6.07) is 0. The van der Waals surface area contributed by atoms with E-state index in [4.69, 9.17) is 0 Å². The monoisotopic (exact) mass is 227 g/mol. The molecule has 80 valence electrons. The van der Waals surface area contributed by atoms with Crippen molar-refractivity contribution < 1.29 is 21.6 Å². The van der Waals surface area contributed by atoms with E-state index in [0.29, 0.717) is 12.0 Å². The summed E-state index contributed by atoms with van der Waals surface area (Å²) in [5, 5.41) is 0. The smallest absolute Gasteiger partial charge is 0.246 e. The number of alkyl halides is 3. The molecule has 0 bridgehead atoms. The minimum absolute atomic E-state index is 0.186. The van der Waals surface area contributed by atoms with Crippen LogP contribution in [0.15, 0.2) is 24.0 Å². The lowest BCUT2D eigenvalue weighted by Crippen LogP contribution is -2.35. The van der Waals surface area contributed by atoms with Gasteiger partial charge in [-0.05, 0) is 13.3 Å². The van der Waals surface area contributed by atoms with Crippen LogP contribution in [0.4, 0.5) is 13.2 Å². The van der Waals surface area contributed by atoms with Gasteiger partial charge in [0.15, 0.2) is 0 Å². The molecule has 0 spiro atoms. The van der Waals surface area contributed by atoms with Crippen molar-refractivity contribution >= 4 is 10.0 Å². The highest BCUT2D eigenvalue weighted by atomic mass is 32.2. The highest BCUT2D eigenvalue weighted by Gasteiger charge is 2.49. The number of hydrogen-bond acceptors (Lipinski definition) is 2. The molecule has 0 fully saturated rings. The molecule has 1 aliphatic heterocycles. The molecule has 0 N–H and O–H groups in total. The van der Waals surface area contributed by atoms with Gasteiger partial charge in [0.05, 0.1) is 0 Å². The topological polar surface area (TPSA) is 37.4 Å². The zero-order chi connectivity index (χ0) is 11.0. The van der Waals surface area contributed by atoms with Crippen molar-refractivity contribution in [1.82, 2.24) is 4.31 Å². The van der Waals surface area contributed by atoms with Gasteiger partial charge in [-0.3, -0.25) is 0 Å². The zero-order valence-electron chi connectivity index (χ0n) is 7.25. The number of nitrogens with zero attached hydrogens (tertiary/aromatic N) is 1. The lowest BCUT2D eigenvalue weighted by molar-refractivity contribution is -0.0468. The molecule has 0 saturated heterocycles. The maximum absolute atomic E-state index is 12.1. The van der Waals surface area contributed by atoms with Crippen LogP contribution in [-0.4, -0.2) is 18.2 Å². The van der Waals surface area contributed by atoms with Gasteiger partial charge in [-0.25, -0.2) is 4.31 Å². The molecule has 14 heavy (non-hydrogen) atoms. The molecule has 0 aliphatic carbocycles. The second-order valence-corrected chi connectivity index (χ2v) is 4.68. The van der Waals surface area contributed by atoms with Crippen LogP contribution in [0.25, 0.3) is 0 Å². The van der Waals surface area contributed by atoms with Crippen molar-refractivity contribution in [3.63, 3.8) is 0 Å². The molecular formula is C7H8F3NO2S. The molecule has 0 radical (unpaired) electrons. The average molecular weight is 227 g/mol. The molecule has 0 aromatic rings. The van der Waals surface area contributed by atoms with Crippen molar-refractivity contribution in [2.24, 2.45) is 0 Å². The van der Waals surface area contributed by atoms with E-state index in [0.717, 1.165) is 12.4 Å². The molecule has 1 rings (SSSR count). The van der Waals surface area contributed by atoms with Gasteiger partial charge in [0, 0.05) is 12.4 Å². The standard InChI is InChI=1S/C7H8F3NO2S/c1-6-3-2-4-11(5-6)14(12,13)7(8,9)10/h2,4-5H,3H2,1H3. The number of rotatable bonds is 1. The summed E-state index contributed by atoms with van der Waals surface area (Å²) in [5.41, 5.74) is -4.70. The third-order valence-electron chi connectivity index (χ3n) is 1.61. The zero-order valence-corrected chi connectivity index (χ0v) is 8.06. The highest BCUT2D eigenvalue weighted by Crippen LogP contribution is 2.29. The van der Waals surface area contributed by atoms with Crippen LogP contribution in [0.1, 0.15) is 13.3 Å². The van der Waals surface area contributed by atoms with Crippen LogP contribution in [-0.2, 0) is 10.0 Å². The van der Waals surface area contributed by atoms with E-state index in [9.17, 15) is 21.6 Å². The fourth-order valence-corrected chi connectivity index (χ4v) is 1.73. The molecule has 3 nitrogen and oxygen atoms in total. The Morgan fingerprint density at radius 1 is 1.43 bits per heavy atom. The second-order valence-electron chi connectivity index (χ2n) is 2.85. The van der Waals surface area contributed by atoms with Crippen molar-refractivity contribution in [1.29, 1.82) is 0 Å². The fraction of sp³-hybridized carbons (Fsp3) is 0.429. The summed E-state index contributed by atoms with van der Waals surface area (Å²) in [6.07, 6.45) is 3.68. The molecule has 1 aliphatic rings. The van der Waals surface area contributed by atoms with E-state index in [1.54, 1.807) is 6.92 Å². The summed E-state index contributed by atoms with van der Waals surface area (Å²) >= 11 is 0. The molecule has 0 saturated carbocycles. The molecule has 0 unspecified atom stereocenters. The first-order chi connectivity index (χ1) is 6.25. The third kappa shape index (κ3) is 1.92. The van der Waals surface area contributed by atoms with E-state index in [2.05, 4.69) is 0 Å². The van der Waals surface area contributed by atoms with E-state index in [-0.39, 0.29) is 4.31 Å². The normalized spacial score (nSPS) is 18.3. The van der Waals surface area contributed by atoms with E-state index >= 15 is 0 Å². The van der Waals surface area contributed by atoms with Gasteiger partial charge in [0.25, 0.3) is 0 Å². The average Bonchev–Trinajstić information content (AvgIpc) is 2.02. The molecule has 0 atom stereocenters. The van der Waals surface area contributed by atoms with Gasteiger partial charge >= 0.3 is 15.5 Å². The van der Waals surface area contributed by atoms with E-state index in [1.165, 1.54) is 6.08 Å². The van der Waals surface area contributed by atoms with Crippen LogP contribution in [0.2, 0.25) is 0 Å². The Balaban J connectivity index is 3.07. The van der Waals surface area contributed by atoms with E-state index < -0.39 is 15.5 Å². The van der Waals surface area contributed by atoms with Crippen molar-refractivity contribution in [2.75, 3.05) is 0 Å². The Bertz CT molecular complexity index is 380. The fourth-order valence-electron chi connectivity index (χ4n) is 0.924. The maximum Gasteiger partial charge on any atom is 0.517 e. The van der Waals surface area contributed by atoms with Crippen LogP contribution < -0.4 is 0 Å². The minimum atomic E-state index is -5.26. The number of allylic oxidation sites excluding steroid dienone is 2. The first-order valence-corrected chi connectivity index (χ1v) is 5.13. The Hall–Kier alpha value is -0.980. The summed E-state index contributed by atoms with van der Waals surface area (Å²) in [4.78, 5) is 0. The van der Waals surface area contributed by atoms with Crippen LogP contribution in [0.3, 0.4) is 0 Å². The van der Waals surface area contributed by atoms with Crippen LogP contribution >= 0.6 is 0 Å². The van der Waals surface area contributed by atoms with Crippen molar-refractivity contribution in [2.45, 2.75) is 18.9 Å². The van der Waals surface area contributed by atoms with Crippen molar-refractivity contribution in [3.8, 4) is 0 Å².